The summed E-state index contributed by atoms with van der Waals surface area (Å²) in [6.45, 7) is 5.45. The van der Waals surface area contributed by atoms with Crippen molar-refractivity contribution in [1.29, 1.82) is 5.26 Å². The van der Waals surface area contributed by atoms with Crippen molar-refractivity contribution >= 4 is 11.8 Å². The maximum Gasteiger partial charge on any atom is 0.224 e. The molecule has 1 N–H and O–H groups in total. The molecular formula is C18H20FN5O. The van der Waals surface area contributed by atoms with Gasteiger partial charge in [0.05, 0.1) is 30.0 Å². The Hall–Kier alpha value is -2.72. The highest BCUT2D eigenvalue weighted by Crippen LogP contribution is 2.27. The summed E-state index contributed by atoms with van der Waals surface area (Å²) in [6, 6.07) is 8.34. The molecule has 0 saturated carbocycles. The summed E-state index contributed by atoms with van der Waals surface area (Å²) in [7, 11) is 1.74. The van der Waals surface area contributed by atoms with Gasteiger partial charge in [-0.05, 0) is 26.0 Å². The zero-order chi connectivity index (χ0) is 18.0. The number of hydrogen-bond donors (Lipinski definition) is 1. The molecule has 0 spiro atoms. The summed E-state index contributed by atoms with van der Waals surface area (Å²) >= 11 is 0. The van der Waals surface area contributed by atoms with Crippen molar-refractivity contribution in [2.75, 3.05) is 30.4 Å². The van der Waals surface area contributed by atoms with Crippen LogP contribution in [-0.2, 0) is 4.74 Å². The van der Waals surface area contributed by atoms with Crippen LogP contribution in [0, 0.1) is 17.1 Å². The Bertz CT molecular complexity index is 820. The van der Waals surface area contributed by atoms with Crippen molar-refractivity contribution in [1.82, 2.24) is 9.97 Å². The number of rotatable bonds is 3. The predicted octanol–water partition coefficient (Wildman–Crippen LogP) is 2.81. The van der Waals surface area contributed by atoms with Crippen molar-refractivity contribution in [3.8, 4) is 17.3 Å². The van der Waals surface area contributed by atoms with Crippen molar-refractivity contribution < 1.29 is 9.13 Å². The minimum atomic E-state index is -0.556. The number of nitriles is 1. The van der Waals surface area contributed by atoms with Gasteiger partial charge in [0.25, 0.3) is 0 Å². The van der Waals surface area contributed by atoms with Gasteiger partial charge in [-0.3, -0.25) is 0 Å². The lowest BCUT2D eigenvalue weighted by Crippen LogP contribution is -2.47. The zero-order valence-electron chi connectivity index (χ0n) is 14.5. The fraction of sp³-hybridized carbons (Fsp3) is 0.389. The number of benzene rings is 1. The van der Waals surface area contributed by atoms with Crippen LogP contribution < -0.4 is 10.2 Å². The monoisotopic (exact) mass is 341 g/mol. The van der Waals surface area contributed by atoms with Crippen LogP contribution in [0.2, 0.25) is 0 Å². The highest BCUT2D eigenvalue weighted by molar-refractivity contribution is 5.66. The maximum atomic E-state index is 14.0. The van der Waals surface area contributed by atoms with Crippen molar-refractivity contribution in [3.05, 3.63) is 35.6 Å². The third-order valence-electron chi connectivity index (χ3n) is 4.22. The highest BCUT2D eigenvalue weighted by atomic mass is 19.1. The molecule has 1 aromatic heterocycles. The van der Waals surface area contributed by atoms with Gasteiger partial charge in [0.15, 0.2) is 0 Å². The van der Waals surface area contributed by atoms with E-state index in [0.717, 1.165) is 12.4 Å². The molecule has 25 heavy (non-hydrogen) atoms. The molecule has 1 aromatic carbocycles. The molecule has 1 saturated heterocycles. The molecule has 7 heteroatoms. The van der Waals surface area contributed by atoms with Crippen molar-refractivity contribution in [3.63, 3.8) is 0 Å². The van der Waals surface area contributed by atoms with Crippen LogP contribution in [0.3, 0.4) is 0 Å². The first-order chi connectivity index (χ1) is 12.0. The van der Waals surface area contributed by atoms with E-state index in [9.17, 15) is 4.39 Å². The number of anilines is 2. The Morgan fingerprint density at radius 3 is 2.80 bits per heavy atom. The minimum Gasteiger partial charge on any atom is -0.375 e. The van der Waals surface area contributed by atoms with Gasteiger partial charge in [-0.15, -0.1) is 0 Å². The molecule has 1 fully saturated rings. The Labute approximate surface area is 146 Å². The lowest BCUT2D eigenvalue weighted by atomic mass is 10.1. The van der Waals surface area contributed by atoms with Gasteiger partial charge in [-0.25, -0.2) is 9.37 Å². The summed E-state index contributed by atoms with van der Waals surface area (Å²) < 4.78 is 19.7. The minimum absolute atomic E-state index is 0.0162. The third-order valence-corrected chi connectivity index (χ3v) is 4.22. The molecule has 0 bridgehead atoms. The smallest absolute Gasteiger partial charge is 0.224 e. The summed E-state index contributed by atoms with van der Waals surface area (Å²) in [6.07, 6.45) is 0.111. The van der Waals surface area contributed by atoms with Crippen LogP contribution in [0.4, 0.5) is 16.2 Å². The largest absolute Gasteiger partial charge is 0.375 e. The third kappa shape index (κ3) is 3.54. The van der Waals surface area contributed by atoms with Crippen LogP contribution in [0.25, 0.3) is 11.3 Å². The predicted molar refractivity (Wildman–Crippen MR) is 93.9 cm³/mol. The van der Waals surface area contributed by atoms with Gasteiger partial charge in [0.2, 0.25) is 5.95 Å². The molecule has 0 aliphatic carbocycles. The number of nitrogens with zero attached hydrogens (tertiary/aromatic N) is 4. The first-order valence-electron chi connectivity index (χ1n) is 8.17. The van der Waals surface area contributed by atoms with E-state index < -0.39 is 5.82 Å². The van der Waals surface area contributed by atoms with Crippen LogP contribution in [-0.4, -0.2) is 42.3 Å². The van der Waals surface area contributed by atoms with Crippen LogP contribution >= 0.6 is 0 Å². The van der Waals surface area contributed by atoms with E-state index in [4.69, 9.17) is 10.00 Å². The molecule has 0 radical (unpaired) electrons. The van der Waals surface area contributed by atoms with E-state index in [1.54, 1.807) is 13.1 Å². The molecule has 3 rings (SSSR count). The summed E-state index contributed by atoms with van der Waals surface area (Å²) in [4.78, 5) is 11.1. The van der Waals surface area contributed by atoms with Gasteiger partial charge in [-0.2, -0.15) is 10.2 Å². The van der Waals surface area contributed by atoms with Crippen molar-refractivity contribution in [2.24, 2.45) is 0 Å². The molecule has 6 nitrogen and oxygen atoms in total. The van der Waals surface area contributed by atoms with Gasteiger partial charge in [0.1, 0.15) is 17.7 Å². The second-order valence-corrected chi connectivity index (χ2v) is 6.14. The standard InChI is InChI=1S/C18H20FN5O/c1-11-10-25-12(2)9-24(11)17-7-16(22-18(21-3)23-17)13-4-5-14(8-20)15(19)6-13/h4-7,11-12H,9-10H2,1-3H3,(H,21,22,23). The topological polar surface area (TPSA) is 74.1 Å². The maximum absolute atomic E-state index is 14.0. The number of halogens is 1. The highest BCUT2D eigenvalue weighted by Gasteiger charge is 2.25. The number of morpholine rings is 1. The molecule has 1 aliphatic heterocycles. The SMILES string of the molecule is CNc1nc(-c2ccc(C#N)c(F)c2)cc(N2CC(C)OCC2C)n1. The van der Waals surface area contributed by atoms with Crippen LogP contribution in [0.1, 0.15) is 19.4 Å². The second kappa shape index (κ2) is 7.03. The Balaban J connectivity index is 2.03. The lowest BCUT2D eigenvalue weighted by molar-refractivity contribution is 0.0340. The van der Waals surface area contributed by atoms with Crippen LogP contribution in [0.15, 0.2) is 24.3 Å². The molecule has 2 heterocycles. The number of nitrogens with one attached hydrogen (secondary N) is 1. The Morgan fingerprint density at radius 1 is 1.32 bits per heavy atom. The molecule has 2 aromatic rings. The molecule has 130 valence electrons. The second-order valence-electron chi connectivity index (χ2n) is 6.14. The fourth-order valence-electron chi connectivity index (χ4n) is 2.83. The Kier molecular flexibility index (Phi) is 4.81. The van der Waals surface area contributed by atoms with E-state index in [2.05, 4.69) is 27.1 Å². The van der Waals surface area contributed by atoms with Gasteiger partial charge in [0, 0.05) is 25.2 Å². The summed E-state index contributed by atoms with van der Waals surface area (Å²) in [5.74, 6) is 0.671. The van der Waals surface area contributed by atoms with Gasteiger partial charge >= 0.3 is 0 Å². The lowest BCUT2D eigenvalue weighted by Gasteiger charge is -2.37. The molecule has 2 atom stereocenters. The molecule has 2 unspecified atom stereocenters. The van der Waals surface area contributed by atoms with Crippen molar-refractivity contribution in [2.45, 2.75) is 26.0 Å². The quantitative estimate of drug-likeness (QED) is 0.925. The number of hydrogen-bond acceptors (Lipinski definition) is 6. The molecular weight excluding hydrogens is 321 g/mol. The average Bonchev–Trinajstić information content (AvgIpc) is 2.63. The number of ether oxygens (including phenoxy) is 1. The van der Waals surface area contributed by atoms with Gasteiger partial charge in [-0.1, -0.05) is 6.07 Å². The van der Waals surface area contributed by atoms with Gasteiger partial charge < -0.3 is 15.0 Å². The van der Waals surface area contributed by atoms with Crippen LogP contribution in [0.5, 0.6) is 0 Å². The van der Waals surface area contributed by atoms with E-state index in [1.807, 2.05) is 19.1 Å². The normalized spacial score (nSPS) is 20.2. The zero-order valence-corrected chi connectivity index (χ0v) is 14.5. The molecule has 0 amide bonds. The van der Waals surface area contributed by atoms with E-state index in [-0.39, 0.29) is 17.7 Å². The number of aromatic nitrogens is 2. The molecule has 1 aliphatic rings. The average molecular weight is 341 g/mol. The fourth-order valence-corrected chi connectivity index (χ4v) is 2.83. The van der Waals surface area contributed by atoms with E-state index in [1.165, 1.54) is 12.1 Å². The summed E-state index contributed by atoms with van der Waals surface area (Å²) in [5, 5.41) is 11.8. The Morgan fingerprint density at radius 2 is 2.12 bits per heavy atom. The first-order valence-corrected chi connectivity index (χ1v) is 8.17. The first kappa shape index (κ1) is 17.1. The van der Waals surface area contributed by atoms with E-state index in [0.29, 0.717) is 23.8 Å². The summed E-state index contributed by atoms with van der Waals surface area (Å²) in [5.41, 5.74) is 1.22. The van der Waals surface area contributed by atoms with E-state index >= 15 is 0 Å².